The molecule has 0 spiro atoms. The summed E-state index contributed by atoms with van der Waals surface area (Å²) in [5.74, 6) is 2.72. The van der Waals surface area contributed by atoms with E-state index in [4.69, 9.17) is 9.26 Å². The number of hydrogen-bond donors (Lipinski definition) is 0. The highest BCUT2D eigenvalue weighted by Crippen LogP contribution is 2.24. The molecule has 4 rings (SSSR count). The van der Waals surface area contributed by atoms with Crippen LogP contribution < -0.4 is 4.74 Å². The largest absolute Gasteiger partial charge is 0.497 e. The van der Waals surface area contributed by atoms with Gasteiger partial charge in [0.15, 0.2) is 5.78 Å². The molecule has 1 saturated heterocycles. The first kappa shape index (κ1) is 25.6. The highest BCUT2D eigenvalue weighted by Gasteiger charge is 2.27. The predicted molar refractivity (Wildman–Crippen MR) is 138 cm³/mol. The number of Topliss-reactive ketones (excluding diaryl/α,β-unsaturated/α-hetero) is 1. The van der Waals surface area contributed by atoms with Crippen LogP contribution in [0.3, 0.4) is 0 Å². The average molecular weight is 490 g/mol. The molecule has 36 heavy (non-hydrogen) atoms. The van der Waals surface area contributed by atoms with E-state index in [2.05, 4.69) is 36.1 Å². The molecule has 1 aromatic heterocycles. The van der Waals surface area contributed by atoms with Gasteiger partial charge in [-0.25, -0.2) is 0 Å². The molecule has 2 heterocycles. The number of likely N-dealkylation sites (tertiary alicyclic amines) is 1. The number of nitrogens with zero attached hydrogens (tertiary/aromatic N) is 3. The number of piperidine rings is 1. The lowest BCUT2D eigenvalue weighted by molar-refractivity contribution is -0.132. The van der Waals surface area contributed by atoms with E-state index in [0.717, 1.165) is 23.3 Å². The maximum atomic E-state index is 12.9. The van der Waals surface area contributed by atoms with Crippen molar-refractivity contribution in [2.45, 2.75) is 52.4 Å². The van der Waals surface area contributed by atoms with Crippen molar-refractivity contribution in [3.05, 3.63) is 65.5 Å². The van der Waals surface area contributed by atoms with Gasteiger partial charge in [0.2, 0.25) is 17.6 Å². The molecule has 1 amide bonds. The zero-order valence-electron chi connectivity index (χ0n) is 21.4. The quantitative estimate of drug-likeness (QED) is 0.355. The van der Waals surface area contributed by atoms with E-state index in [-0.39, 0.29) is 17.6 Å². The number of methoxy groups -OCH3 is 1. The summed E-state index contributed by atoms with van der Waals surface area (Å²) in [6.07, 6.45) is 4.07. The van der Waals surface area contributed by atoms with Crippen LogP contribution in [0.15, 0.2) is 53.1 Å². The molecule has 0 bridgehead atoms. The summed E-state index contributed by atoms with van der Waals surface area (Å²) < 4.78 is 10.5. The lowest BCUT2D eigenvalue weighted by atomic mass is 9.88. The van der Waals surface area contributed by atoms with E-state index < -0.39 is 0 Å². The maximum Gasteiger partial charge on any atom is 0.226 e. The van der Waals surface area contributed by atoms with Gasteiger partial charge in [0, 0.05) is 43.0 Å². The summed E-state index contributed by atoms with van der Waals surface area (Å²) in [5, 5.41) is 4.04. The Bertz CT molecular complexity index is 1140. The Morgan fingerprint density at radius 2 is 1.75 bits per heavy atom. The minimum absolute atomic E-state index is 0.0141. The second-order valence-corrected chi connectivity index (χ2v) is 9.91. The van der Waals surface area contributed by atoms with Gasteiger partial charge in [0.05, 0.1) is 7.11 Å². The first-order valence-corrected chi connectivity index (χ1v) is 12.8. The van der Waals surface area contributed by atoms with Crippen LogP contribution in [0.1, 0.15) is 61.3 Å². The number of carbonyl (C=O) groups excluding carboxylic acids is 2. The Morgan fingerprint density at radius 3 is 2.39 bits per heavy atom. The third kappa shape index (κ3) is 6.59. The molecule has 0 aliphatic carbocycles. The number of carbonyl (C=O) groups is 2. The van der Waals surface area contributed by atoms with Crippen molar-refractivity contribution in [2.24, 2.45) is 11.8 Å². The third-order valence-electron chi connectivity index (χ3n) is 6.70. The van der Waals surface area contributed by atoms with Crippen LogP contribution >= 0.6 is 0 Å². The molecule has 7 heteroatoms. The van der Waals surface area contributed by atoms with Crippen LogP contribution in [0.4, 0.5) is 0 Å². The van der Waals surface area contributed by atoms with Gasteiger partial charge in [-0.05, 0) is 61.4 Å². The molecule has 2 aromatic carbocycles. The molecular weight excluding hydrogens is 454 g/mol. The van der Waals surface area contributed by atoms with Crippen molar-refractivity contribution in [1.29, 1.82) is 0 Å². The molecule has 0 radical (unpaired) electrons. The Labute approximate surface area is 212 Å². The van der Waals surface area contributed by atoms with Gasteiger partial charge in [-0.2, -0.15) is 4.98 Å². The molecule has 0 atom stereocenters. The SMILES string of the molecule is COc1ccc(-c2noc(CCCC(=O)N3CCC(C(=O)c4ccc(CC(C)C)cc4)CC3)n2)cc1. The van der Waals surface area contributed by atoms with E-state index in [1.54, 1.807) is 7.11 Å². The summed E-state index contributed by atoms with van der Waals surface area (Å²) in [6.45, 7) is 5.64. The normalized spacial score (nSPS) is 14.3. The van der Waals surface area contributed by atoms with E-state index in [1.807, 2.05) is 41.3 Å². The number of aryl methyl sites for hydroxylation is 1. The summed E-state index contributed by atoms with van der Waals surface area (Å²) in [7, 11) is 1.62. The zero-order valence-corrected chi connectivity index (χ0v) is 21.4. The van der Waals surface area contributed by atoms with E-state index in [0.29, 0.717) is 62.8 Å². The smallest absolute Gasteiger partial charge is 0.226 e. The summed E-state index contributed by atoms with van der Waals surface area (Å²) in [5.41, 5.74) is 2.89. The number of ketones is 1. The topological polar surface area (TPSA) is 85.5 Å². The number of ether oxygens (including phenoxy) is 1. The van der Waals surface area contributed by atoms with Crippen molar-refractivity contribution in [2.75, 3.05) is 20.2 Å². The molecule has 0 saturated carbocycles. The lowest BCUT2D eigenvalue weighted by Crippen LogP contribution is -2.40. The van der Waals surface area contributed by atoms with Gasteiger partial charge in [-0.15, -0.1) is 0 Å². The molecule has 3 aromatic rings. The van der Waals surface area contributed by atoms with E-state index in [1.165, 1.54) is 5.56 Å². The zero-order chi connectivity index (χ0) is 25.5. The van der Waals surface area contributed by atoms with Gasteiger partial charge in [0.1, 0.15) is 5.75 Å². The second-order valence-electron chi connectivity index (χ2n) is 9.91. The Kier molecular flexibility index (Phi) is 8.52. The molecular formula is C29H35N3O4. The van der Waals surface area contributed by atoms with Crippen LogP contribution in [0, 0.1) is 11.8 Å². The van der Waals surface area contributed by atoms with Crippen LogP contribution in [0.2, 0.25) is 0 Å². The molecule has 190 valence electrons. The minimum atomic E-state index is -0.0141. The molecule has 7 nitrogen and oxygen atoms in total. The first-order valence-electron chi connectivity index (χ1n) is 12.8. The number of benzene rings is 2. The van der Waals surface area contributed by atoms with Crippen molar-refractivity contribution in [3.8, 4) is 17.1 Å². The van der Waals surface area contributed by atoms with Crippen LogP contribution in [-0.4, -0.2) is 46.9 Å². The van der Waals surface area contributed by atoms with Crippen molar-refractivity contribution in [1.82, 2.24) is 15.0 Å². The molecule has 0 N–H and O–H groups in total. The third-order valence-corrected chi connectivity index (χ3v) is 6.70. The lowest BCUT2D eigenvalue weighted by Gasteiger charge is -2.31. The first-order chi connectivity index (χ1) is 17.4. The molecule has 1 fully saturated rings. The van der Waals surface area contributed by atoms with Crippen LogP contribution in [0.25, 0.3) is 11.4 Å². The van der Waals surface area contributed by atoms with Gasteiger partial charge < -0.3 is 14.2 Å². The van der Waals surface area contributed by atoms with Crippen molar-refractivity contribution >= 4 is 11.7 Å². The van der Waals surface area contributed by atoms with Gasteiger partial charge >= 0.3 is 0 Å². The summed E-state index contributed by atoms with van der Waals surface area (Å²) >= 11 is 0. The van der Waals surface area contributed by atoms with Crippen molar-refractivity contribution in [3.63, 3.8) is 0 Å². The number of rotatable bonds is 10. The van der Waals surface area contributed by atoms with Gasteiger partial charge in [0.25, 0.3) is 0 Å². The highest BCUT2D eigenvalue weighted by atomic mass is 16.5. The number of amides is 1. The highest BCUT2D eigenvalue weighted by molar-refractivity contribution is 5.98. The standard InChI is InChI=1S/C29H35N3O4/c1-20(2)19-21-7-9-22(10-8-21)28(34)23-15-17-32(18-16-23)27(33)6-4-5-26-30-29(31-36-26)24-11-13-25(35-3)14-12-24/h7-14,20,23H,4-6,15-19H2,1-3H3. The van der Waals surface area contributed by atoms with Gasteiger partial charge in [-0.1, -0.05) is 43.3 Å². The van der Waals surface area contributed by atoms with E-state index in [9.17, 15) is 9.59 Å². The fourth-order valence-electron chi connectivity index (χ4n) is 4.67. The molecule has 1 aliphatic heterocycles. The Morgan fingerprint density at radius 1 is 1.06 bits per heavy atom. The average Bonchev–Trinajstić information content (AvgIpc) is 3.37. The second kappa shape index (κ2) is 12.0. The minimum Gasteiger partial charge on any atom is -0.497 e. The fourth-order valence-corrected chi connectivity index (χ4v) is 4.67. The number of hydrogen-bond acceptors (Lipinski definition) is 6. The summed E-state index contributed by atoms with van der Waals surface area (Å²) in [6, 6.07) is 15.5. The monoisotopic (exact) mass is 489 g/mol. The Hall–Kier alpha value is -3.48. The van der Waals surface area contributed by atoms with Crippen LogP contribution in [0.5, 0.6) is 5.75 Å². The maximum absolute atomic E-state index is 12.9. The molecule has 0 unspecified atom stereocenters. The van der Waals surface area contributed by atoms with Gasteiger partial charge in [-0.3, -0.25) is 9.59 Å². The number of aromatic nitrogens is 2. The van der Waals surface area contributed by atoms with Crippen molar-refractivity contribution < 1.29 is 18.8 Å². The van der Waals surface area contributed by atoms with Crippen LogP contribution in [-0.2, 0) is 17.6 Å². The summed E-state index contributed by atoms with van der Waals surface area (Å²) in [4.78, 5) is 32.0. The predicted octanol–water partition coefficient (Wildman–Crippen LogP) is 5.39. The van der Waals surface area contributed by atoms with E-state index >= 15 is 0 Å². The Balaban J connectivity index is 1.20. The molecule has 1 aliphatic rings. The fraction of sp³-hybridized carbons (Fsp3) is 0.448.